The summed E-state index contributed by atoms with van der Waals surface area (Å²) in [5.41, 5.74) is 3.78. The topological polar surface area (TPSA) is 42.2 Å². The molecule has 20 heavy (non-hydrogen) atoms. The Hall–Kier alpha value is -2.47. The van der Waals surface area contributed by atoms with Gasteiger partial charge in [0, 0.05) is 0 Å². The molecule has 2 aromatic rings. The first kappa shape index (κ1) is 14.0. The van der Waals surface area contributed by atoms with Crippen LogP contribution in [-0.4, -0.2) is 7.11 Å². The average Bonchev–Trinajstić information content (AvgIpc) is 2.47. The molecule has 0 bridgehead atoms. The molecular weight excluding hydrogens is 250 g/mol. The molecule has 0 fully saturated rings. The molecule has 0 aliphatic rings. The van der Waals surface area contributed by atoms with E-state index in [-0.39, 0.29) is 0 Å². The van der Waals surface area contributed by atoms with Crippen LogP contribution in [-0.2, 0) is 6.61 Å². The highest BCUT2D eigenvalue weighted by atomic mass is 16.5. The molecule has 0 aliphatic carbocycles. The second-order valence-electron chi connectivity index (χ2n) is 4.70. The summed E-state index contributed by atoms with van der Waals surface area (Å²) < 4.78 is 11.0. The van der Waals surface area contributed by atoms with Crippen LogP contribution in [0.5, 0.6) is 11.5 Å². The van der Waals surface area contributed by atoms with Crippen LogP contribution < -0.4 is 9.47 Å². The molecule has 0 aliphatic heterocycles. The Morgan fingerprint density at radius 1 is 1.05 bits per heavy atom. The number of hydrogen-bond donors (Lipinski definition) is 0. The van der Waals surface area contributed by atoms with E-state index in [1.54, 1.807) is 13.2 Å². The molecule has 0 saturated heterocycles. The third-order valence-electron chi connectivity index (χ3n) is 3.12. The van der Waals surface area contributed by atoms with Crippen LogP contribution in [0.2, 0.25) is 0 Å². The van der Waals surface area contributed by atoms with Gasteiger partial charge in [-0.15, -0.1) is 0 Å². The highest BCUT2D eigenvalue weighted by Crippen LogP contribution is 2.23. The highest BCUT2D eigenvalue weighted by molar-refractivity contribution is 5.45. The Balaban J connectivity index is 2.15. The number of aryl methyl sites for hydroxylation is 2. The van der Waals surface area contributed by atoms with Crippen LogP contribution >= 0.6 is 0 Å². The minimum Gasteiger partial charge on any atom is -0.495 e. The molecule has 2 aromatic carbocycles. The summed E-state index contributed by atoms with van der Waals surface area (Å²) in [6, 6.07) is 13.7. The normalized spacial score (nSPS) is 9.90. The fourth-order valence-corrected chi connectivity index (χ4v) is 1.94. The number of nitrogens with zero attached hydrogens (tertiary/aromatic N) is 1. The highest BCUT2D eigenvalue weighted by Gasteiger charge is 2.05. The number of hydrogen-bond acceptors (Lipinski definition) is 3. The van der Waals surface area contributed by atoms with Gasteiger partial charge in [-0.2, -0.15) is 5.26 Å². The fourth-order valence-electron chi connectivity index (χ4n) is 1.94. The lowest BCUT2D eigenvalue weighted by molar-refractivity contribution is 0.303. The van der Waals surface area contributed by atoms with Gasteiger partial charge in [0.15, 0.2) is 0 Å². The van der Waals surface area contributed by atoms with Crippen molar-refractivity contribution >= 4 is 0 Å². The van der Waals surface area contributed by atoms with Crippen molar-refractivity contribution in [2.75, 3.05) is 7.11 Å². The Labute approximate surface area is 119 Å². The lowest BCUT2D eigenvalue weighted by Gasteiger charge is -2.11. The van der Waals surface area contributed by atoms with Crippen molar-refractivity contribution in [1.29, 1.82) is 5.26 Å². The van der Waals surface area contributed by atoms with Crippen LogP contribution in [0.15, 0.2) is 36.4 Å². The Kier molecular flexibility index (Phi) is 4.27. The monoisotopic (exact) mass is 267 g/mol. The van der Waals surface area contributed by atoms with E-state index < -0.39 is 0 Å². The van der Waals surface area contributed by atoms with Crippen LogP contribution in [0.3, 0.4) is 0 Å². The number of ether oxygens (including phenoxy) is 2. The van der Waals surface area contributed by atoms with E-state index in [9.17, 15) is 0 Å². The lowest BCUT2D eigenvalue weighted by Crippen LogP contribution is -1.99. The Bertz CT molecular complexity index is 657. The smallest absolute Gasteiger partial charge is 0.137 e. The van der Waals surface area contributed by atoms with E-state index in [0.29, 0.717) is 17.9 Å². The van der Waals surface area contributed by atoms with Crippen molar-refractivity contribution in [1.82, 2.24) is 0 Å². The van der Waals surface area contributed by atoms with E-state index in [1.807, 2.05) is 38.1 Å². The fraction of sp³-hybridized carbons (Fsp3) is 0.235. The lowest BCUT2D eigenvalue weighted by atomic mass is 10.1. The van der Waals surface area contributed by atoms with Crippen molar-refractivity contribution in [3.63, 3.8) is 0 Å². The zero-order valence-corrected chi connectivity index (χ0v) is 11.9. The van der Waals surface area contributed by atoms with Crippen LogP contribution in [0.25, 0.3) is 0 Å². The third-order valence-corrected chi connectivity index (χ3v) is 3.12. The molecule has 0 saturated carbocycles. The summed E-state index contributed by atoms with van der Waals surface area (Å²) in [6.07, 6.45) is 0. The van der Waals surface area contributed by atoms with E-state index in [1.165, 1.54) is 5.56 Å². The Morgan fingerprint density at radius 3 is 2.55 bits per heavy atom. The van der Waals surface area contributed by atoms with E-state index in [0.717, 1.165) is 16.9 Å². The van der Waals surface area contributed by atoms with E-state index in [4.69, 9.17) is 14.7 Å². The van der Waals surface area contributed by atoms with Gasteiger partial charge in [-0.25, -0.2) is 0 Å². The maximum atomic E-state index is 8.95. The predicted octanol–water partition coefficient (Wildman–Crippen LogP) is 3.76. The summed E-state index contributed by atoms with van der Waals surface area (Å²) in [5.74, 6) is 1.46. The number of rotatable bonds is 4. The molecule has 0 aromatic heterocycles. The summed E-state index contributed by atoms with van der Waals surface area (Å²) >= 11 is 0. The van der Waals surface area contributed by atoms with Gasteiger partial charge >= 0.3 is 0 Å². The molecule has 0 atom stereocenters. The summed E-state index contributed by atoms with van der Waals surface area (Å²) in [6.45, 7) is 4.51. The van der Waals surface area contributed by atoms with Crippen LogP contribution in [0.1, 0.15) is 22.3 Å². The molecule has 3 nitrogen and oxygen atoms in total. The van der Waals surface area contributed by atoms with Gasteiger partial charge in [-0.3, -0.25) is 0 Å². The molecule has 0 amide bonds. The minimum atomic E-state index is 0.451. The summed E-state index contributed by atoms with van der Waals surface area (Å²) in [4.78, 5) is 0. The van der Waals surface area contributed by atoms with Crippen LogP contribution in [0, 0.1) is 25.2 Å². The van der Waals surface area contributed by atoms with Crippen molar-refractivity contribution in [3.05, 3.63) is 58.7 Å². The standard InChI is InChI=1S/C17H17NO2/c1-12-4-5-13(2)16(8-12)20-11-14-6-7-15(10-18)17(9-14)19-3/h4-9H,11H2,1-3H3. The molecule has 2 rings (SSSR count). The molecule has 0 N–H and O–H groups in total. The number of benzene rings is 2. The number of nitriles is 1. The second kappa shape index (κ2) is 6.12. The van der Waals surface area contributed by atoms with Gasteiger partial charge in [0.05, 0.1) is 12.7 Å². The first-order valence-corrected chi connectivity index (χ1v) is 6.41. The minimum absolute atomic E-state index is 0.451. The van der Waals surface area contributed by atoms with Gasteiger partial charge in [-0.1, -0.05) is 18.2 Å². The van der Waals surface area contributed by atoms with E-state index in [2.05, 4.69) is 12.1 Å². The SMILES string of the molecule is COc1cc(COc2cc(C)ccc2C)ccc1C#N. The van der Waals surface area contributed by atoms with Gasteiger partial charge < -0.3 is 9.47 Å². The molecule has 3 heteroatoms. The summed E-state index contributed by atoms with van der Waals surface area (Å²) in [5, 5.41) is 8.95. The van der Waals surface area contributed by atoms with Gasteiger partial charge in [0.1, 0.15) is 24.2 Å². The molecule has 0 radical (unpaired) electrons. The second-order valence-corrected chi connectivity index (χ2v) is 4.70. The molecule has 102 valence electrons. The zero-order chi connectivity index (χ0) is 14.5. The van der Waals surface area contributed by atoms with Crippen LogP contribution in [0.4, 0.5) is 0 Å². The summed E-state index contributed by atoms with van der Waals surface area (Å²) in [7, 11) is 1.56. The van der Waals surface area contributed by atoms with Gasteiger partial charge in [0.25, 0.3) is 0 Å². The number of methoxy groups -OCH3 is 1. The molecule has 0 spiro atoms. The zero-order valence-electron chi connectivity index (χ0n) is 11.9. The first-order valence-electron chi connectivity index (χ1n) is 6.41. The third kappa shape index (κ3) is 3.10. The van der Waals surface area contributed by atoms with Gasteiger partial charge in [0.2, 0.25) is 0 Å². The van der Waals surface area contributed by atoms with E-state index >= 15 is 0 Å². The van der Waals surface area contributed by atoms with Crippen molar-refractivity contribution in [2.45, 2.75) is 20.5 Å². The molecular formula is C17H17NO2. The first-order chi connectivity index (χ1) is 9.63. The molecule has 0 heterocycles. The maximum Gasteiger partial charge on any atom is 0.137 e. The van der Waals surface area contributed by atoms with Gasteiger partial charge in [-0.05, 0) is 48.7 Å². The quantitative estimate of drug-likeness (QED) is 0.847. The Morgan fingerprint density at radius 2 is 1.85 bits per heavy atom. The van der Waals surface area contributed by atoms with Crippen molar-refractivity contribution in [2.24, 2.45) is 0 Å². The van der Waals surface area contributed by atoms with Crippen molar-refractivity contribution < 1.29 is 9.47 Å². The predicted molar refractivity (Wildman–Crippen MR) is 78.0 cm³/mol. The molecule has 0 unspecified atom stereocenters. The largest absolute Gasteiger partial charge is 0.495 e. The average molecular weight is 267 g/mol. The van der Waals surface area contributed by atoms with Crippen molar-refractivity contribution in [3.8, 4) is 17.6 Å². The maximum absolute atomic E-state index is 8.95.